The van der Waals surface area contributed by atoms with Crippen LogP contribution in [-0.2, 0) is 4.74 Å². The van der Waals surface area contributed by atoms with Gasteiger partial charge in [0.15, 0.2) is 0 Å². The van der Waals surface area contributed by atoms with Crippen LogP contribution in [0.2, 0.25) is 5.02 Å². The second-order valence-corrected chi connectivity index (χ2v) is 2.69. The fourth-order valence-electron chi connectivity index (χ4n) is 0.815. The first-order valence-electron chi connectivity index (χ1n) is 3.35. The van der Waals surface area contributed by atoms with Crippen molar-refractivity contribution in [2.24, 2.45) is 0 Å². The van der Waals surface area contributed by atoms with Gasteiger partial charge in [-0.2, -0.15) is 0 Å². The molecule has 0 N–H and O–H groups in total. The lowest BCUT2D eigenvalue weighted by atomic mass is 10.2. The number of hydrogen-bond donors (Lipinski definition) is 0. The molecule has 0 radical (unpaired) electrons. The predicted octanol–water partition coefficient (Wildman–Crippen LogP) is 1.83. The van der Waals surface area contributed by atoms with Gasteiger partial charge in [0, 0.05) is 12.4 Å². The van der Waals surface area contributed by atoms with Crippen LogP contribution < -0.4 is 0 Å². The van der Waals surface area contributed by atoms with Gasteiger partial charge in [-0.15, -0.1) is 0 Å². The fraction of sp³-hybridized carbons (Fsp3) is 0.250. The fourth-order valence-corrected chi connectivity index (χ4v) is 0.973. The van der Waals surface area contributed by atoms with Crippen molar-refractivity contribution < 1.29 is 9.53 Å². The molecule has 0 aliphatic carbocycles. The Balaban J connectivity index is 3.16. The summed E-state index contributed by atoms with van der Waals surface area (Å²) in [4.78, 5) is 14.8. The molecule has 0 aliphatic rings. The average Bonchev–Trinajstić information content (AvgIpc) is 2.08. The summed E-state index contributed by atoms with van der Waals surface area (Å²) in [5.41, 5.74) is 1.10. The number of hydrogen-bond acceptors (Lipinski definition) is 3. The Kier molecular flexibility index (Phi) is 2.65. The minimum atomic E-state index is -0.414. The molecule has 0 aliphatic heterocycles. The lowest BCUT2D eigenvalue weighted by Crippen LogP contribution is -2.04. The lowest BCUT2D eigenvalue weighted by molar-refractivity contribution is 0.0599. The SMILES string of the molecule is COC(=O)c1cncc(Cl)c1C. The first kappa shape index (κ1) is 9.00. The van der Waals surface area contributed by atoms with Crippen LogP contribution in [0, 0.1) is 6.92 Å². The van der Waals surface area contributed by atoms with Crippen molar-refractivity contribution in [2.75, 3.05) is 7.11 Å². The summed E-state index contributed by atoms with van der Waals surface area (Å²) in [5.74, 6) is -0.414. The molecule has 0 saturated carbocycles. The molecule has 3 nitrogen and oxygen atoms in total. The maximum Gasteiger partial charge on any atom is 0.339 e. The van der Waals surface area contributed by atoms with E-state index in [9.17, 15) is 4.79 Å². The molecular formula is C8H8ClNO2. The van der Waals surface area contributed by atoms with E-state index in [-0.39, 0.29) is 0 Å². The van der Waals surface area contributed by atoms with Crippen molar-refractivity contribution in [3.8, 4) is 0 Å². The third-order valence-electron chi connectivity index (χ3n) is 1.56. The Morgan fingerprint density at radius 2 is 2.25 bits per heavy atom. The summed E-state index contributed by atoms with van der Waals surface area (Å²) in [7, 11) is 1.32. The molecule has 0 unspecified atom stereocenters. The Labute approximate surface area is 75.3 Å². The Morgan fingerprint density at radius 1 is 1.58 bits per heavy atom. The van der Waals surface area contributed by atoms with Crippen LogP contribution in [0.5, 0.6) is 0 Å². The minimum absolute atomic E-state index is 0.407. The molecule has 1 heterocycles. The van der Waals surface area contributed by atoms with E-state index in [0.717, 1.165) is 0 Å². The van der Waals surface area contributed by atoms with Crippen LogP contribution in [0.1, 0.15) is 15.9 Å². The molecule has 0 amide bonds. The van der Waals surface area contributed by atoms with E-state index in [0.29, 0.717) is 16.1 Å². The van der Waals surface area contributed by atoms with Crippen LogP contribution in [0.15, 0.2) is 12.4 Å². The van der Waals surface area contributed by atoms with Crippen molar-refractivity contribution >= 4 is 17.6 Å². The van der Waals surface area contributed by atoms with E-state index < -0.39 is 5.97 Å². The molecule has 0 spiro atoms. The quantitative estimate of drug-likeness (QED) is 0.627. The number of esters is 1. The minimum Gasteiger partial charge on any atom is -0.465 e. The van der Waals surface area contributed by atoms with Crippen molar-refractivity contribution in [1.29, 1.82) is 0 Å². The van der Waals surface area contributed by atoms with Crippen LogP contribution in [0.4, 0.5) is 0 Å². The first-order valence-corrected chi connectivity index (χ1v) is 3.73. The number of nitrogens with zero attached hydrogens (tertiary/aromatic N) is 1. The summed E-state index contributed by atoms with van der Waals surface area (Å²) >= 11 is 5.74. The van der Waals surface area contributed by atoms with Gasteiger partial charge in [-0.1, -0.05) is 11.6 Å². The van der Waals surface area contributed by atoms with E-state index >= 15 is 0 Å². The summed E-state index contributed by atoms with van der Waals surface area (Å²) in [6.07, 6.45) is 2.93. The summed E-state index contributed by atoms with van der Waals surface area (Å²) in [6, 6.07) is 0. The number of halogens is 1. The van der Waals surface area contributed by atoms with Crippen LogP contribution in [0.3, 0.4) is 0 Å². The topological polar surface area (TPSA) is 39.2 Å². The van der Waals surface area contributed by atoms with Crippen molar-refractivity contribution in [3.63, 3.8) is 0 Å². The van der Waals surface area contributed by atoms with E-state index in [1.165, 1.54) is 19.5 Å². The first-order chi connectivity index (χ1) is 5.66. The van der Waals surface area contributed by atoms with Gasteiger partial charge >= 0.3 is 5.97 Å². The van der Waals surface area contributed by atoms with E-state index in [4.69, 9.17) is 11.6 Å². The van der Waals surface area contributed by atoms with E-state index in [2.05, 4.69) is 9.72 Å². The predicted molar refractivity (Wildman–Crippen MR) is 45.3 cm³/mol. The Hall–Kier alpha value is -1.09. The van der Waals surface area contributed by atoms with Gasteiger partial charge in [-0.05, 0) is 12.5 Å². The van der Waals surface area contributed by atoms with Crippen LogP contribution in [0.25, 0.3) is 0 Å². The third-order valence-corrected chi connectivity index (χ3v) is 1.94. The molecule has 1 rings (SSSR count). The second-order valence-electron chi connectivity index (χ2n) is 2.29. The molecule has 0 atom stereocenters. The summed E-state index contributed by atoms with van der Waals surface area (Å²) < 4.78 is 4.53. The van der Waals surface area contributed by atoms with E-state index in [1.54, 1.807) is 6.92 Å². The number of pyridine rings is 1. The monoisotopic (exact) mass is 185 g/mol. The highest BCUT2D eigenvalue weighted by molar-refractivity contribution is 6.31. The Morgan fingerprint density at radius 3 is 2.83 bits per heavy atom. The molecular weight excluding hydrogens is 178 g/mol. The highest BCUT2D eigenvalue weighted by Crippen LogP contribution is 2.17. The molecule has 0 aromatic carbocycles. The second kappa shape index (κ2) is 3.54. The van der Waals surface area contributed by atoms with Crippen molar-refractivity contribution in [2.45, 2.75) is 6.92 Å². The number of carbonyl (C=O) groups excluding carboxylic acids is 1. The zero-order valence-electron chi connectivity index (χ0n) is 6.80. The van der Waals surface area contributed by atoms with Gasteiger partial charge in [0.25, 0.3) is 0 Å². The molecule has 64 valence electrons. The molecule has 0 bridgehead atoms. The van der Waals surface area contributed by atoms with Crippen LogP contribution >= 0.6 is 11.6 Å². The van der Waals surface area contributed by atoms with Crippen molar-refractivity contribution in [1.82, 2.24) is 4.98 Å². The number of carbonyl (C=O) groups is 1. The maximum atomic E-state index is 11.1. The molecule has 1 aromatic rings. The van der Waals surface area contributed by atoms with Gasteiger partial charge in [-0.3, -0.25) is 4.98 Å². The number of rotatable bonds is 1. The highest BCUT2D eigenvalue weighted by Gasteiger charge is 2.10. The summed E-state index contributed by atoms with van der Waals surface area (Å²) in [5, 5.41) is 0.470. The molecule has 4 heteroatoms. The van der Waals surface area contributed by atoms with Crippen molar-refractivity contribution in [3.05, 3.63) is 28.5 Å². The highest BCUT2D eigenvalue weighted by atomic mass is 35.5. The summed E-state index contributed by atoms with van der Waals surface area (Å²) in [6.45, 7) is 1.75. The zero-order valence-corrected chi connectivity index (χ0v) is 7.55. The molecule has 12 heavy (non-hydrogen) atoms. The van der Waals surface area contributed by atoms with E-state index in [1.807, 2.05) is 0 Å². The molecule has 0 saturated heterocycles. The lowest BCUT2D eigenvalue weighted by Gasteiger charge is -2.03. The van der Waals surface area contributed by atoms with Gasteiger partial charge < -0.3 is 4.74 Å². The number of ether oxygens (including phenoxy) is 1. The van der Waals surface area contributed by atoms with Gasteiger partial charge in [-0.25, -0.2) is 4.79 Å². The van der Waals surface area contributed by atoms with Gasteiger partial charge in [0.05, 0.1) is 17.7 Å². The van der Waals surface area contributed by atoms with Gasteiger partial charge in [0.1, 0.15) is 0 Å². The Bertz CT molecular complexity index is 312. The normalized spacial score (nSPS) is 9.58. The zero-order chi connectivity index (χ0) is 9.14. The molecule has 0 fully saturated rings. The average molecular weight is 186 g/mol. The third kappa shape index (κ3) is 1.56. The van der Waals surface area contributed by atoms with Gasteiger partial charge in [0.2, 0.25) is 0 Å². The number of aromatic nitrogens is 1. The molecule has 1 aromatic heterocycles. The number of methoxy groups -OCH3 is 1. The largest absolute Gasteiger partial charge is 0.465 e. The van der Waals surface area contributed by atoms with Crippen LogP contribution in [-0.4, -0.2) is 18.1 Å². The smallest absolute Gasteiger partial charge is 0.339 e. The standard InChI is InChI=1S/C8H8ClNO2/c1-5-6(8(11)12-2)3-10-4-7(5)9/h3-4H,1-2H3. The maximum absolute atomic E-state index is 11.1.